The largest absolute Gasteiger partial charge is 0.508 e. The molecule has 3 aromatic heterocycles. The van der Waals surface area contributed by atoms with Crippen molar-refractivity contribution in [1.29, 1.82) is 0 Å². The molecule has 0 bridgehead atoms. The summed E-state index contributed by atoms with van der Waals surface area (Å²) in [4.78, 5) is 289. The summed E-state index contributed by atoms with van der Waals surface area (Å²) < 4.78 is 1.43. The van der Waals surface area contributed by atoms with E-state index < -0.39 is 262 Å². The Morgan fingerprint density at radius 3 is 1.79 bits per heavy atom. The van der Waals surface area contributed by atoms with E-state index in [1.165, 1.54) is 75.6 Å². The lowest BCUT2D eigenvalue weighted by Crippen LogP contribution is -2.61. The highest BCUT2D eigenvalue weighted by atomic mass is 16.4. The molecule has 136 heavy (non-hydrogen) atoms. The number of nitrogens with one attached hydrogen (secondary N) is 13. The Bertz CT molecular complexity index is 5330. The number of carboxylic acids is 1. The van der Waals surface area contributed by atoms with Crippen molar-refractivity contribution in [3.05, 3.63) is 120 Å². The number of imidazole rings is 1. The zero-order chi connectivity index (χ0) is 99.5. The lowest BCUT2D eigenvalue weighted by Gasteiger charge is -2.36. The number of benzene rings is 3. The van der Waals surface area contributed by atoms with Gasteiger partial charge in [0.1, 0.15) is 90.8 Å². The van der Waals surface area contributed by atoms with Crippen LogP contribution < -0.4 is 75.7 Å². The Hall–Kier alpha value is -14.4. The number of phenols is 1. The number of phenolic OH excluding ortho intramolecular Hbond substituents is 1. The molecule has 0 unspecified atom stereocenters. The van der Waals surface area contributed by atoms with Crippen LogP contribution in [0.1, 0.15) is 140 Å². The summed E-state index contributed by atoms with van der Waals surface area (Å²) in [5.74, 6) is -19.2. The Balaban J connectivity index is 1.10. The van der Waals surface area contributed by atoms with Gasteiger partial charge in [-0.15, -0.1) is 0 Å². The molecule has 0 aliphatic carbocycles. The van der Waals surface area contributed by atoms with Crippen molar-refractivity contribution < 1.29 is 106 Å². The molecule has 0 spiro atoms. The number of aliphatic carboxylic acids is 1. The van der Waals surface area contributed by atoms with E-state index in [0.717, 1.165) is 24.5 Å². The molecule has 0 radical (unpaired) electrons. The second kappa shape index (κ2) is 49.5. The van der Waals surface area contributed by atoms with E-state index in [1.54, 1.807) is 68.6 Å². The number of hydrogen-bond donors (Lipinski definition) is 19. The summed E-state index contributed by atoms with van der Waals surface area (Å²) in [6.07, 6.45) is 2.04. The topological polar surface area (TPSA) is 661 Å². The van der Waals surface area contributed by atoms with Gasteiger partial charge in [0.05, 0.1) is 38.5 Å². The Morgan fingerprint density at radius 1 is 0.559 bits per heavy atom. The smallest absolute Gasteiger partial charge is 0.323 e. The van der Waals surface area contributed by atoms with Gasteiger partial charge in [0.25, 0.3) is 0 Å². The van der Waals surface area contributed by atoms with E-state index in [4.69, 9.17) is 17.2 Å². The van der Waals surface area contributed by atoms with Crippen molar-refractivity contribution >= 4 is 134 Å². The van der Waals surface area contributed by atoms with Gasteiger partial charge in [0.2, 0.25) is 106 Å². The first-order chi connectivity index (χ1) is 64.6. The highest BCUT2D eigenvalue weighted by Gasteiger charge is 2.47. The molecule has 3 saturated heterocycles. The molecule has 736 valence electrons. The summed E-state index contributed by atoms with van der Waals surface area (Å²) >= 11 is 0. The third-order valence-corrected chi connectivity index (χ3v) is 24.3. The molecule has 14 atom stereocenters. The molecule has 0 saturated carbocycles. The molecule has 3 aromatic carbocycles. The zero-order valence-corrected chi connectivity index (χ0v) is 77.3. The van der Waals surface area contributed by atoms with Gasteiger partial charge in [-0.3, -0.25) is 91.1 Å². The number of nitrogens with two attached hydrogens (primary N) is 3. The van der Waals surface area contributed by atoms with E-state index in [9.17, 15) is 72.9 Å². The number of unbranched alkanes of at least 4 members (excludes halogenated alkanes) is 2. The van der Waals surface area contributed by atoms with Gasteiger partial charge < -0.3 is 130 Å². The maximum Gasteiger partial charge on any atom is 0.323 e. The molecule has 45 heteroatoms. The monoisotopic (exact) mass is 1890 g/mol. The molecule has 18 amide bonds. The maximum atomic E-state index is 15.8. The highest BCUT2D eigenvalue weighted by Crippen LogP contribution is 2.29. The van der Waals surface area contributed by atoms with Gasteiger partial charge in [-0.1, -0.05) is 102 Å². The lowest BCUT2D eigenvalue weighted by atomic mass is 9.99. The van der Waals surface area contributed by atoms with Crippen LogP contribution in [0.3, 0.4) is 0 Å². The normalized spacial score (nSPS) is 24.1. The number of carbonyl (C=O) groups excluding carboxylic acids is 18. The molecule has 3 fully saturated rings. The average Bonchev–Trinajstić information content (AvgIpc) is 1.65. The number of primary amides is 3. The summed E-state index contributed by atoms with van der Waals surface area (Å²) in [5.41, 5.74) is 19.3. The Kier molecular flexibility index (Phi) is 38.4. The van der Waals surface area contributed by atoms with Crippen molar-refractivity contribution in [2.75, 3.05) is 60.4 Å². The highest BCUT2D eigenvalue weighted by molar-refractivity contribution is 6.02. The zero-order valence-electron chi connectivity index (χ0n) is 77.3. The summed E-state index contributed by atoms with van der Waals surface area (Å²) in [6.45, 7) is 4.21. The molecule has 45 nitrogen and oxygen atoms in total. The molecular weight excluding hydrogens is 1770 g/mol. The van der Waals surface area contributed by atoms with E-state index in [-0.39, 0.29) is 81.7 Å². The number of rotatable bonds is 26. The number of likely N-dealkylation sites (N-methyl/N-ethyl adjacent to an activating group) is 3. The van der Waals surface area contributed by atoms with E-state index >= 15 is 33.6 Å². The fourth-order valence-corrected chi connectivity index (χ4v) is 16.9. The molecule has 3 aliphatic rings. The van der Waals surface area contributed by atoms with Crippen LogP contribution in [0.5, 0.6) is 5.75 Å². The number of amides is 18. The number of carbonyl (C=O) groups is 19. The molecule has 6 aromatic rings. The summed E-state index contributed by atoms with van der Waals surface area (Å²) in [6, 6.07) is -1.45. The Labute approximate surface area is 783 Å². The number of aliphatic hydroxyl groups excluding tert-OH is 1. The van der Waals surface area contributed by atoms with E-state index in [2.05, 4.69) is 73.4 Å². The van der Waals surface area contributed by atoms with Crippen LogP contribution in [0.2, 0.25) is 0 Å². The van der Waals surface area contributed by atoms with Crippen molar-refractivity contribution in [2.24, 2.45) is 23.1 Å². The van der Waals surface area contributed by atoms with Gasteiger partial charge in [-0.25, -0.2) is 4.98 Å². The second-order valence-corrected chi connectivity index (χ2v) is 35.0. The molecule has 9 rings (SSSR count). The van der Waals surface area contributed by atoms with Crippen molar-refractivity contribution in [3.63, 3.8) is 0 Å². The van der Waals surface area contributed by atoms with Gasteiger partial charge in [-0.05, 0) is 92.3 Å². The van der Waals surface area contributed by atoms with Crippen LogP contribution in [0.15, 0.2) is 97.7 Å². The van der Waals surface area contributed by atoms with Gasteiger partial charge in [-0.2, -0.15) is 0 Å². The minimum atomic E-state index is -1.82. The van der Waals surface area contributed by atoms with E-state index in [0.29, 0.717) is 64.2 Å². The molecule has 3 aliphatic heterocycles. The van der Waals surface area contributed by atoms with Crippen LogP contribution in [0.25, 0.3) is 21.8 Å². The number of H-pyrrole nitrogens is 2. The number of fused-ring (bicyclic) bond motifs is 4. The quantitative estimate of drug-likeness (QED) is 0.0247. The molecule has 6 heterocycles. The Morgan fingerprint density at radius 2 is 1.15 bits per heavy atom. The average molecular weight is 1890 g/mol. The standard InChI is InChI=1S/C91H125N23O22/c1-9-11-21-69-84(129)104-61(32-49(3)4)82(127)108-67(81(126)98-42-75(94)119)41-95-43-76(120)101-64(33-51-25-27-55(115)28-26-51)87(132)109(6)50(5)79(124)107-66(38-74(93)118)90(135)113-31-17-24-70(113)85(130)106-63(36-54-40-96-48-100-54)83(128)103-60(29-30-73(92)117)89(134)114-46-56(116)37-72(114)86(131)105-62(34-52-39-97-59-20-15-13-18-57(52)59)80(125)99-44-77(121)102-65(88(133)111(8)71(22-12-10-2)91(136)110(69)7)35-53-45-112(47-78(122)123)68-23-16-14-19-58(53)68/h13-16,18-20,23,25-28,39-40,45,48-50,56,60-67,69-72,95,97,115-116H,9-12,17,21-22,24,29-38,41-44,46-47H2,1-8H3,(H2,92,117)(H2,93,118)(H2,94,119)(H,96,100)(H,98,126)(H,99,125)(H,101,120)(H,102,121)(H,103,128)(H,104,129)(H,105,131)(H,106,130)(H,107,124)(H,108,127)(H,122,123)/t50-,56+,60-,61-,62-,63-,64-,65-,66-,67-,69-,70-,71-,72-/m0/s1. The predicted octanol–water partition coefficient (Wildman–Crippen LogP) is -3.87. The van der Waals surface area contributed by atoms with Crippen molar-refractivity contribution in [2.45, 2.75) is 235 Å². The number of aromatic nitrogens is 4. The number of hydrogen-bond acceptors (Lipinski definition) is 23. The fraction of sp³-hybridized carbons (Fsp3) is 0.516. The molecule has 22 N–H and O–H groups in total. The predicted molar refractivity (Wildman–Crippen MR) is 490 cm³/mol. The number of nitrogens with zero attached hydrogens (tertiary/aromatic N) is 7. The number of carboxylic acid groups (broad SMARTS) is 1. The minimum absolute atomic E-state index is 0.00668. The van der Waals surface area contributed by atoms with Crippen LogP contribution >= 0.6 is 0 Å². The number of aliphatic hydroxyl groups is 1. The van der Waals surface area contributed by atoms with Crippen LogP contribution in [-0.4, -0.2) is 317 Å². The SMILES string of the molecule is CCCC[C@H]1C(=O)N(C)[C@@H](CCCC)C(=O)N[C@@H](CC(C)C)C(=O)N[C@H](C(=O)NCC(N)=O)CNCC(=O)N[C@@H](Cc2ccc(O)cc2)C(=O)N(C)[C@@H](C)C(=O)N[C@@H](CC(N)=O)C(=O)N2CCC[C@H]2C(=O)N[C@@H](Cc2cnc[nH]2)C(=O)N[C@@H](CCC(N)=O)C(=O)N2C[C@H](O)C[C@H]2C(=O)N[C@@H](Cc2c[nH]c3ccccc23)C(=O)NCC(=O)N[C@@H](Cc2cn(CC(=O)O)c3ccccc23)C(=O)N1C. The van der Waals surface area contributed by atoms with Crippen molar-refractivity contribution in [1.82, 2.24) is 103 Å². The first kappa shape index (κ1) is 105. The first-order valence-corrected chi connectivity index (χ1v) is 45.3. The lowest BCUT2D eigenvalue weighted by molar-refractivity contribution is -0.149. The van der Waals surface area contributed by atoms with Gasteiger partial charge in [0.15, 0.2) is 0 Å². The number of para-hydroxylation sites is 2. The van der Waals surface area contributed by atoms with Gasteiger partial charge >= 0.3 is 5.97 Å². The summed E-state index contributed by atoms with van der Waals surface area (Å²) in [7, 11) is 3.86. The minimum Gasteiger partial charge on any atom is -0.508 e. The van der Waals surface area contributed by atoms with Crippen LogP contribution in [0.4, 0.5) is 0 Å². The van der Waals surface area contributed by atoms with E-state index in [1.807, 2.05) is 13.8 Å². The number of aromatic amines is 2. The van der Waals surface area contributed by atoms with Crippen molar-refractivity contribution in [3.8, 4) is 5.75 Å². The fourth-order valence-electron chi connectivity index (χ4n) is 16.9. The third kappa shape index (κ3) is 29.1. The van der Waals surface area contributed by atoms with Crippen LogP contribution in [0, 0.1) is 5.92 Å². The van der Waals surface area contributed by atoms with Gasteiger partial charge in [0, 0.05) is 125 Å². The maximum absolute atomic E-state index is 15.8. The second-order valence-electron chi connectivity index (χ2n) is 35.0. The third-order valence-electron chi connectivity index (χ3n) is 24.3. The summed E-state index contributed by atoms with van der Waals surface area (Å²) in [5, 5.41) is 61.6. The molecular formula is C91H125N23O22. The van der Waals surface area contributed by atoms with Crippen LogP contribution in [-0.2, 0) is 123 Å². The first-order valence-electron chi connectivity index (χ1n) is 45.3. The number of aromatic hydroxyl groups is 1.